The van der Waals surface area contributed by atoms with Crippen LogP contribution in [0.2, 0.25) is 5.02 Å². The third kappa shape index (κ3) is 2.17. The van der Waals surface area contributed by atoms with Crippen LogP contribution in [0.5, 0.6) is 5.75 Å². The molecule has 2 heteroatoms. The van der Waals surface area contributed by atoms with Gasteiger partial charge in [0.05, 0.1) is 7.11 Å². The molecule has 110 valence electrons. The first kappa shape index (κ1) is 13.7. The van der Waals surface area contributed by atoms with Crippen LogP contribution < -0.4 is 4.74 Å². The lowest BCUT2D eigenvalue weighted by Gasteiger charge is -2.17. The van der Waals surface area contributed by atoms with Gasteiger partial charge in [0.15, 0.2) is 0 Å². The van der Waals surface area contributed by atoms with Crippen molar-refractivity contribution in [2.24, 2.45) is 11.8 Å². The number of hydrogen-bond acceptors (Lipinski definition) is 1. The molecule has 1 nitrogen and oxygen atoms in total. The number of allylic oxidation sites excluding steroid dienone is 4. The van der Waals surface area contributed by atoms with E-state index >= 15 is 0 Å². The molecule has 0 amide bonds. The van der Waals surface area contributed by atoms with Gasteiger partial charge in [-0.2, -0.15) is 0 Å². The molecule has 2 bridgehead atoms. The van der Waals surface area contributed by atoms with Crippen molar-refractivity contribution in [3.63, 3.8) is 0 Å². The first-order chi connectivity index (χ1) is 10.8. The van der Waals surface area contributed by atoms with E-state index in [0.29, 0.717) is 11.8 Å². The van der Waals surface area contributed by atoms with Crippen LogP contribution in [0.15, 0.2) is 60.7 Å². The fourth-order valence-electron chi connectivity index (χ4n) is 3.67. The van der Waals surface area contributed by atoms with E-state index in [9.17, 15) is 0 Å². The third-order valence-electron chi connectivity index (χ3n) is 4.67. The van der Waals surface area contributed by atoms with Crippen molar-refractivity contribution in [1.82, 2.24) is 0 Å². The SMILES string of the molecule is COc1ccc(C2=C(c3ccc(Cl)cc3)C3C=CC2C3)cc1. The molecule has 2 atom stereocenters. The van der Waals surface area contributed by atoms with Crippen molar-refractivity contribution < 1.29 is 4.74 Å². The number of benzene rings is 2. The number of hydrogen-bond donors (Lipinski definition) is 0. The topological polar surface area (TPSA) is 9.23 Å². The Bertz CT molecular complexity index is 753. The van der Waals surface area contributed by atoms with Gasteiger partial charge in [0, 0.05) is 16.9 Å². The zero-order valence-corrected chi connectivity index (χ0v) is 13.2. The summed E-state index contributed by atoms with van der Waals surface area (Å²) in [5.41, 5.74) is 5.49. The highest BCUT2D eigenvalue weighted by Crippen LogP contribution is 2.52. The fourth-order valence-corrected chi connectivity index (χ4v) is 3.79. The first-order valence-electron chi connectivity index (χ1n) is 7.59. The average Bonchev–Trinajstić information content (AvgIpc) is 3.17. The Kier molecular flexibility index (Phi) is 3.31. The van der Waals surface area contributed by atoms with Gasteiger partial charge in [0.2, 0.25) is 0 Å². The molecule has 2 aromatic carbocycles. The van der Waals surface area contributed by atoms with Crippen LogP contribution in [0.4, 0.5) is 0 Å². The molecule has 2 unspecified atom stereocenters. The number of halogens is 1. The van der Waals surface area contributed by atoms with Crippen molar-refractivity contribution in [1.29, 1.82) is 0 Å². The van der Waals surface area contributed by atoms with Gasteiger partial charge in [-0.15, -0.1) is 0 Å². The normalized spacial score (nSPS) is 22.5. The van der Waals surface area contributed by atoms with E-state index in [-0.39, 0.29) is 0 Å². The highest BCUT2D eigenvalue weighted by atomic mass is 35.5. The number of rotatable bonds is 3. The predicted octanol–water partition coefficient (Wildman–Crippen LogP) is 5.47. The second kappa shape index (κ2) is 5.33. The Labute approximate surface area is 135 Å². The summed E-state index contributed by atoms with van der Waals surface area (Å²) in [7, 11) is 1.70. The molecule has 4 rings (SSSR count). The zero-order valence-electron chi connectivity index (χ0n) is 12.4. The van der Waals surface area contributed by atoms with E-state index in [0.717, 1.165) is 10.8 Å². The molecule has 2 aliphatic rings. The number of fused-ring (bicyclic) bond motifs is 2. The largest absolute Gasteiger partial charge is 0.497 e. The summed E-state index contributed by atoms with van der Waals surface area (Å²) in [5.74, 6) is 1.96. The van der Waals surface area contributed by atoms with Crippen LogP contribution in [0.3, 0.4) is 0 Å². The van der Waals surface area contributed by atoms with Crippen molar-refractivity contribution >= 4 is 22.7 Å². The Balaban J connectivity index is 1.83. The van der Waals surface area contributed by atoms with E-state index in [1.165, 1.54) is 28.7 Å². The van der Waals surface area contributed by atoms with Crippen molar-refractivity contribution in [2.75, 3.05) is 7.11 Å². The summed E-state index contributed by atoms with van der Waals surface area (Å²) in [6.45, 7) is 0. The van der Waals surface area contributed by atoms with E-state index in [1.807, 2.05) is 24.3 Å². The maximum absolute atomic E-state index is 6.04. The number of methoxy groups -OCH3 is 1. The smallest absolute Gasteiger partial charge is 0.118 e. The second-order valence-electron chi connectivity index (χ2n) is 5.90. The van der Waals surface area contributed by atoms with Crippen LogP contribution >= 0.6 is 11.6 Å². The van der Waals surface area contributed by atoms with E-state index in [2.05, 4.69) is 36.4 Å². The summed E-state index contributed by atoms with van der Waals surface area (Å²) in [6, 6.07) is 16.6. The van der Waals surface area contributed by atoms with Gasteiger partial charge in [0.1, 0.15) is 5.75 Å². The van der Waals surface area contributed by atoms with Gasteiger partial charge >= 0.3 is 0 Å². The summed E-state index contributed by atoms with van der Waals surface area (Å²) in [4.78, 5) is 0. The molecule has 22 heavy (non-hydrogen) atoms. The highest BCUT2D eigenvalue weighted by Gasteiger charge is 2.36. The lowest BCUT2D eigenvalue weighted by Crippen LogP contribution is -1.98. The second-order valence-corrected chi connectivity index (χ2v) is 6.33. The molecule has 0 saturated heterocycles. The number of ether oxygens (including phenoxy) is 1. The van der Waals surface area contributed by atoms with Gasteiger partial charge < -0.3 is 4.74 Å². The van der Waals surface area contributed by atoms with Gasteiger partial charge in [0.25, 0.3) is 0 Å². The molecule has 0 fully saturated rings. The van der Waals surface area contributed by atoms with Crippen LogP contribution in [0, 0.1) is 11.8 Å². The first-order valence-corrected chi connectivity index (χ1v) is 7.97. The molecular formula is C20H17ClO. The molecular weight excluding hydrogens is 292 g/mol. The van der Waals surface area contributed by atoms with Crippen LogP contribution in [-0.2, 0) is 0 Å². The predicted molar refractivity (Wildman–Crippen MR) is 92.0 cm³/mol. The quantitative estimate of drug-likeness (QED) is 0.684. The molecule has 0 radical (unpaired) electrons. The Morgan fingerprint density at radius 1 is 0.818 bits per heavy atom. The fraction of sp³-hybridized carbons (Fsp3) is 0.200. The Morgan fingerprint density at radius 2 is 1.32 bits per heavy atom. The van der Waals surface area contributed by atoms with Gasteiger partial charge in [-0.05, 0) is 53.0 Å². The molecule has 0 aliphatic heterocycles. The standard InChI is InChI=1S/C20H17ClO/c1-22-18-10-6-14(7-11-18)20-16-3-2-15(12-16)19(20)13-4-8-17(21)9-5-13/h2-11,15-16H,12H2,1H3. The summed E-state index contributed by atoms with van der Waals surface area (Å²) < 4.78 is 5.27. The minimum absolute atomic E-state index is 0.531. The van der Waals surface area contributed by atoms with E-state index in [1.54, 1.807) is 7.11 Å². The van der Waals surface area contributed by atoms with Crippen molar-refractivity contribution in [3.05, 3.63) is 76.8 Å². The van der Waals surface area contributed by atoms with Crippen molar-refractivity contribution in [3.8, 4) is 5.75 Å². The summed E-state index contributed by atoms with van der Waals surface area (Å²) in [6.07, 6.45) is 5.89. The maximum atomic E-state index is 6.04. The molecule has 0 saturated carbocycles. The Hall–Kier alpha value is -1.99. The lowest BCUT2D eigenvalue weighted by atomic mass is 9.87. The van der Waals surface area contributed by atoms with E-state index < -0.39 is 0 Å². The van der Waals surface area contributed by atoms with Gasteiger partial charge in [-0.1, -0.05) is 48.0 Å². The molecule has 0 spiro atoms. The summed E-state index contributed by atoms with van der Waals surface area (Å²) >= 11 is 6.04. The molecule has 2 aliphatic carbocycles. The molecule has 2 aromatic rings. The Morgan fingerprint density at radius 3 is 1.82 bits per heavy atom. The highest BCUT2D eigenvalue weighted by molar-refractivity contribution is 6.30. The third-order valence-corrected chi connectivity index (χ3v) is 4.92. The average molecular weight is 309 g/mol. The minimum Gasteiger partial charge on any atom is -0.497 e. The summed E-state index contributed by atoms with van der Waals surface area (Å²) in [5, 5.41) is 0.786. The lowest BCUT2D eigenvalue weighted by molar-refractivity contribution is 0.415. The maximum Gasteiger partial charge on any atom is 0.118 e. The zero-order chi connectivity index (χ0) is 15.1. The van der Waals surface area contributed by atoms with Crippen LogP contribution in [0.1, 0.15) is 17.5 Å². The van der Waals surface area contributed by atoms with Crippen LogP contribution in [0.25, 0.3) is 11.1 Å². The van der Waals surface area contributed by atoms with Gasteiger partial charge in [-0.25, -0.2) is 0 Å². The van der Waals surface area contributed by atoms with Crippen molar-refractivity contribution in [2.45, 2.75) is 6.42 Å². The molecule has 0 N–H and O–H groups in total. The molecule has 0 heterocycles. The monoisotopic (exact) mass is 308 g/mol. The molecule has 0 aromatic heterocycles. The van der Waals surface area contributed by atoms with E-state index in [4.69, 9.17) is 16.3 Å². The minimum atomic E-state index is 0.531. The van der Waals surface area contributed by atoms with Gasteiger partial charge in [-0.3, -0.25) is 0 Å². The van der Waals surface area contributed by atoms with Crippen LogP contribution in [-0.4, -0.2) is 7.11 Å².